The SMILES string of the molecule is COc1cccc2cc(C(=O)NCCc3ccc(O)cc3)oc12. The first-order valence-electron chi connectivity index (χ1n) is 7.30. The molecule has 0 saturated heterocycles. The number of hydrogen-bond donors (Lipinski definition) is 2. The van der Waals surface area contributed by atoms with Crippen LogP contribution in [0.15, 0.2) is 52.9 Å². The molecule has 1 aromatic heterocycles. The molecule has 0 aliphatic rings. The maximum atomic E-state index is 12.2. The summed E-state index contributed by atoms with van der Waals surface area (Å²) in [5, 5.41) is 12.9. The summed E-state index contributed by atoms with van der Waals surface area (Å²) in [4.78, 5) is 12.2. The number of phenols is 1. The number of methoxy groups -OCH3 is 1. The Labute approximate surface area is 133 Å². The molecule has 5 nitrogen and oxygen atoms in total. The van der Waals surface area contributed by atoms with Gasteiger partial charge in [-0.3, -0.25) is 4.79 Å². The monoisotopic (exact) mass is 311 g/mol. The zero-order valence-electron chi connectivity index (χ0n) is 12.7. The van der Waals surface area contributed by atoms with Crippen LogP contribution >= 0.6 is 0 Å². The van der Waals surface area contributed by atoms with Crippen LogP contribution in [0.2, 0.25) is 0 Å². The lowest BCUT2D eigenvalue weighted by atomic mass is 10.1. The van der Waals surface area contributed by atoms with Gasteiger partial charge in [0.2, 0.25) is 0 Å². The van der Waals surface area contributed by atoms with E-state index in [4.69, 9.17) is 9.15 Å². The van der Waals surface area contributed by atoms with Crippen molar-refractivity contribution in [3.63, 3.8) is 0 Å². The molecule has 0 spiro atoms. The second-order valence-electron chi connectivity index (χ2n) is 5.16. The molecule has 1 heterocycles. The number of phenolic OH excluding ortho intramolecular Hbond substituents is 1. The molecule has 0 fully saturated rings. The molecule has 1 amide bonds. The average Bonchev–Trinajstić information content (AvgIpc) is 3.01. The zero-order valence-corrected chi connectivity index (χ0v) is 12.7. The Balaban J connectivity index is 1.65. The topological polar surface area (TPSA) is 71.7 Å². The lowest BCUT2D eigenvalue weighted by molar-refractivity contribution is 0.0928. The molecule has 23 heavy (non-hydrogen) atoms. The molecule has 118 valence electrons. The van der Waals surface area contributed by atoms with Crippen LogP contribution in [0.1, 0.15) is 16.1 Å². The van der Waals surface area contributed by atoms with Crippen LogP contribution in [0.4, 0.5) is 0 Å². The highest BCUT2D eigenvalue weighted by Gasteiger charge is 2.14. The number of aromatic hydroxyl groups is 1. The Morgan fingerprint density at radius 2 is 2.00 bits per heavy atom. The van der Waals surface area contributed by atoms with Crippen molar-refractivity contribution in [2.45, 2.75) is 6.42 Å². The molecular weight excluding hydrogens is 294 g/mol. The van der Waals surface area contributed by atoms with Crippen molar-refractivity contribution in [1.82, 2.24) is 5.32 Å². The molecule has 0 aliphatic heterocycles. The number of benzene rings is 2. The molecule has 0 saturated carbocycles. The number of carbonyl (C=O) groups is 1. The fraction of sp³-hybridized carbons (Fsp3) is 0.167. The van der Waals surface area contributed by atoms with E-state index >= 15 is 0 Å². The van der Waals surface area contributed by atoms with Gasteiger partial charge in [-0.2, -0.15) is 0 Å². The van der Waals surface area contributed by atoms with Crippen LogP contribution in [0.3, 0.4) is 0 Å². The van der Waals surface area contributed by atoms with Gasteiger partial charge in [-0.25, -0.2) is 0 Å². The van der Waals surface area contributed by atoms with Crippen LogP contribution < -0.4 is 10.1 Å². The molecule has 0 radical (unpaired) electrons. The Kier molecular flexibility index (Phi) is 4.19. The van der Waals surface area contributed by atoms with Crippen molar-refractivity contribution < 1.29 is 19.1 Å². The Morgan fingerprint density at radius 1 is 1.22 bits per heavy atom. The third kappa shape index (κ3) is 3.29. The molecule has 2 aromatic carbocycles. The van der Waals surface area contributed by atoms with E-state index in [-0.39, 0.29) is 17.4 Å². The Bertz CT molecular complexity index is 821. The number of ether oxygens (including phenoxy) is 1. The number of nitrogens with one attached hydrogen (secondary N) is 1. The van der Waals surface area contributed by atoms with Gasteiger partial charge in [0.1, 0.15) is 5.75 Å². The summed E-state index contributed by atoms with van der Waals surface area (Å²) in [5.41, 5.74) is 1.60. The third-order valence-corrected chi connectivity index (χ3v) is 3.59. The molecule has 2 N–H and O–H groups in total. The molecule has 3 rings (SSSR count). The van der Waals surface area contributed by atoms with Crippen LogP contribution in [0, 0.1) is 0 Å². The summed E-state index contributed by atoms with van der Waals surface area (Å²) in [6.07, 6.45) is 0.676. The molecule has 5 heteroatoms. The van der Waals surface area contributed by atoms with Crippen molar-refractivity contribution >= 4 is 16.9 Å². The summed E-state index contributed by atoms with van der Waals surface area (Å²) in [5.74, 6) is 0.830. The second-order valence-corrected chi connectivity index (χ2v) is 5.16. The number of furan rings is 1. The van der Waals surface area contributed by atoms with E-state index in [0.717, 1.165) is 10.9 Å². The van der Waals surface area contributed by atoms with Crippen molar-refractivity contribution in [2.75, 3.05) is 13.7 Å². The van der Waals surface area contributed by atoms with Crippen molar-refractivity contribution in [2.24, 2.45) is 0 Å². The minimum Gasteiger partial charge on any atom is -0.508 e. The smallest absolute Gasteiger partial charge is 0.287 e. The van der Waals surface area contributed by atoms with Gasteiger partial charge in [-0.1, -0.05) is 24.3 Å². The fourth-order valence-corrected chi connectivity index (χ4v) is 2.38. The van der Waals surface area contributed by atoms with Gasteiger partial charge in [0.25, 0.3) is 5.91 Å². The minimum absolute atomic E-state index is 0.231. The predicted octanol–water partition coefficient (Wildman–Crippen LogP) is 3.12. The Morgan fingerprint density at radius 3 is 2.74 bits per heavy atom. The van der Waals surface area contributed by atoms with Gasteiger partial charge < -0.3 is 19.6 Å². The molecular formula is C18H17NO4. The first kappa shape index (κ1) is 15.0. The van der Waals surface area contributed by atoms with Crippen molar-refractivity contribution in [3.8, 4) is 11.5 Å². The van der Waals surface area contributed by atoms with Crippen LogP contribution in [0.5, 0.6) is 11.5 Å². The van der Waals surface area contributed by atoms with Gasteiger partial charge >= 0.3 is 0 Å². The highest BCUT2D eigenvalue weighted by Crippen LogP contribution is 2.28. The van der Waals surface area contributed by atoms with Crippen molar-refractivity contribution in [3.05, 3.63) is 59.9 Å². The number of fused-ring (bicyclic) bond motifs is 1. The van der Waals surface area contributed by atoms with E-state index < -0.39 is 0 Å². The predicted molar refractivity (Wildman–Crippen MR) is 86.9 cm³/mol. The number of amides is 1. The number of rotatable bonds is 5. The van der Waals surface area contributed by atoms with E-state index in [9.17, 15) is 9.90 Å². The lowest BCUT2D eigenvalue weighted by Crippen LogP contribution is -2.25. The summed E-state index contributed by atoms with van der Waals surface area (Å²) in [6.45, 7) is 0.484. The Hall–Kier alpha value is -2.95. The lowest BCUT2D eigenvalue weighted by Gasteiger charge is -2.03. The normalized spacial score (nSPS) is 10.7. The van der Waals surface area contributed by atoms with E-state index in [0.29, 0.717) is 24.3 Å². The fourth-order valence-electron chi connectivity index (χ4n) is 2.38. The molecule has 3 aromatic rings. The van der Waals surface area contributed by atoms with Gasteiger partial charge in [0.15, 0.2) is 17.1 Å². The molecule has 0 atom stereocenters. The minimum atomic E-state index is -0.262. The average molecular weight is 311 g/mol. The van der Waals surface area contributed by atoms with Gasteiger partial charge in [-0.15, -0.1) is 0 Å². The summed E-state index contributed by atoms with van der Waals surface area (Å²) < 4.78 is 10.8. The standard InChI is InChI=1S/C18H17NO4/c1-22-15-4-2-3-13-11-16(23-17(13)15)18(21)19-10-9-12-5-7-14(20)8-6-12/h2-8,11,20H,9-10H2,1H3,(H,19,21). The van der Waals surface area contributed by atoms with Crippen LogP contribution in [-0.2, 0) is 6.42 Å². The largest absolute Gasteiger partial charge is 0.508 e. The van der Waals surface area contributed by atoms with E-state index in [1.165, 1.54) is 0 Å². The van der Waals surface area contributed by atoms with Gasteiger partial charge in [0, 0.05) is 11.9 Å². The first-order valence-corrected chi connectivity index (χ1v) is 7.30. The number of para-hydroxylation sites is 1. The van der Waals surface area contributed by atoms with E-state index in [1.807, 2.05) is 24.3 Å². The van der Waals surface area contributed by atoms with Crippen LogP contribution in [0.25, 0.3) is 11.0 Å². The van der Waals surface area contributed by atoms with Gasteiger partial charge in [-0.05, 0) is 36.2 Å². The van der Waals surface area contributed by atoms with E-state index in [1.54, 1.807) is 31.4 Å². The third-order valence-electron chi connectivity index (χ3n) is 3.59. The van der Waals surface area contributed by atoms with Gasteiger partial charge in [0.05, 0.1) is 7.11 Å². The quantitative estimate of drug-likeness (QED) is 0.759. The number of hydrogen-bond acceptors (Lipinski definition) is 4. The summed E-state index contributed by atoms with van der Waals surface area (Å²) >= 11 is 0. The summed E-state index contributed by atoms with van der Waals surface area (Å²) in [6, 6.07) is 14.1. The zero-order chi connectivity index (χ0) is 16.2. The van der Waals surface area contributed by atoms with Crippen LogP contribution in [-0.4, -0.2) is 24.7 Å². The highest BCUT2D eigenvalue weighted by molar-refractivity contribution is 5.97. The maximum absolute atomic E-state index is 12.2. The van der Waals surface area contributed by atoms with E-state index in [2.05, 4.69) is 5.32 Å². The molecule has 0 bridgehead atoms. The number of carbonyl (C=O) groups excluding carboxylic acids is 1. The molecule has 0 aliphatic carbocycles. The highest BCUT2D eigenvalue weighted by atomic mass is 16.5. The molecule has 0 unspecified atom stereocenters. The maximum Gasteiger partial charge on any atom is 0.287 e. The summed E-state index contributed by atoms with van der Waals surface area (Å²) in [7, 11) is 1.56. The first-order chi connectivity index (χ1) is 11.2. The second kappa shape index (κ2) is 6.44. The van der Waals surface area contributed by atoms with Crippen molar-refractivity contribution in [1.29, 1.82) is 0 Å².